The average molecular weight is 738 g/mol. The van der Waals surface area contributed by atoms with E-state index in [2.05, 4.69) is 36.3 Å². The number of nitrogens with one attached hydrogen (secondary N) is 2. The number of thioether (sulfide) groups is 1. The molecule has 286 valence electrons. The van der Waals surface area contributed by atoms with Gasteiger partial charge in [-0.05, 0) is 66.7 Å². The van der Waals surface area contributed by atoms with E-state index < -0.39 is 24.2 Å². The Bertz CT molecular complexity index is 1580. The molecule has 11 nitrogen and oxygen atoms in total. The quantitative estimate of drug-likeness (QED) is 0.241. The van der Waals surface area contributed by atoms with Gasteiger partial charge in [-0.1, -0.05) is 39.0 Å². The molecule has 7 rings (SSSR count). The van der Waals surface area contributed by atoms with E-state index in [1.54, 1.807) is 19.1 Å². The number of carbonyl (C=O) groups is 2. The van der Waals surface area contributed by atoms with Crippen molar-refractivity contribution in [3.05, 3.63) is 47.5 Å². The monoisotopic (exact) mass is 737 g/mol. The molecule has 2 saturated heterocycles. The molecule has 8 atom stereocenters. The fourth-order valence-corrected chi connectivity index (χ4v) is 10.2. The zero-order valence-electron chi connectivity index (χ0n) is 31.9. The Balaban J connectivity index is 1.25. The third kappa shape index (κ3) is 7.84. The molecule has 2 amide bonds. The standard InChI is InChI=1S/C40H59N5O6S/c1-24-32-20-29(40(32,3)4)21-33(24)42-39(49)36-35(25(2)47)34(23-46)51-45(36)22-26-9-8-10-31(37(26)50-7)27-17-28(19-30(18-27)43(5)6)38(48)41-11-12-44-13-15-52-16-14-44/h8-10,17-19,24-25,29,32-36,46-47H,11-16,20-23H2,1-7H3,(H,41,48)(H,42,49)/t24-,25-,29+,32-,33-,34-,35?,36-/m0/s1. The lowest BCUT2D eigenvalue weighted by Gasteiger charge is -2.62. The molecule has 2 heterocycles. The summed E-state index contributed by atoms with van der Waals surface area (Å²) in [6.07, 6.45) is 0.513. The summed E-state index contributed by atoms with van der Waals surface area (Å²) in [6.45, 7) is 11.9. The number of methoxy groups -OCH3 is 1. The van der Waals surface area contributed by atoms with Gasteiger partial charge in [-0.25, -0.2) is 0 Å². The van der Waals surface area contributed by atoms with Gasteiger partial charge in [0.1, 0.15) is 17.9 Å². The van der Waals surface area contributed by atoms with E-state index in [0.717, 1.165) is 59.9 Å². The minimum atomic E-state index is -0.889. The fourth-order valence-electron chi connectivity index (χ4n) is 9.24. The van der Waals surface area contributed by atoms with Crippen LogP contribution in [-0.2, 0) is 16.2 Å². The Morgan fingerprint density at radius 1 is 1.15 bits per heavy atom. The number of fused-ring (bicyclic) bond motifs is 2. The molecule has 3 aliphatic carbocycles. The minimum absolute atomic E-state index is 0.0473. The van der Waals surface area contributed by atoms with Crippen LogP contribution in [0.5, 0.6) is 5.75 Å². The highest BCUT2D eigenvalue weighted by atomic mass is 32.2. The number of rotatable bonds is 13. The van der Waals surface area contributed by atoms with Gasteiger partial charge in [0.05, 0.1) is 26.4 Å². The molecule has 12 heteroatoms. The van der Waals surface area contributed by atoms with Crippen molar-refractivity contribution in [2.75, 3.05) is 70.4 Å². The van der Waals surface area contributed by atoms with Crippen LogP contribution in [0, 0.1) is 29.1 Å². The van der Waals surface area contributed by atoms with Crippen LogP contribution in [0.2, 0.25) is 0 Å². The first-order valence-corrected chi connectivity index (χ1v) is 20.1. The van der Waals surface area contributed by atoms with Gasteiger partial charge in [0.15, 0.2) is 0 Å². The van der Waals surface area contributed by atoms with Crippen molar-refractivity contribution in [2.24, 2.45) is 29.1 Å². The summed E-state index contributed by atoms with van der Waals surface area (Å²) in [6, 6.07) is 10.9. The van der Waals surface area contributed by atoms with E-state index in [1.165, 1.54) is 6.42 Å². The number of hydrogen-bond acceptors (Lipinski definition) is 10. The maximum Gasteiger partial charge on any atom is 0.251 e. The molecule has 0 spiro atoms. The molecule has 1 unspecified atom stereocenters. The van der Waals surface area contributed by atoms with Crippen molar-refractivity contribution in [2.45, 2.75) is 71.4 Å². The van der Waals surface area contributed by atoms with Gasteiger partial charge in [-0.2, -0.15) is 16.8 Å². The summed E-state index contributed by atoms with van der Waals surface area (Å²) in [5.74, 6) is 3.39. The number of hydroxylamine groups is 2. The van der Waals surface area contributed by atoms with Crippen LogP contribution in [0.3, 0.4) is 0 Å². The Labute approximate surface area is 313 Å². The Morgan fingerprint density at radius 3 is 2.54 bits per heavy atom. The first-order chi connectivity index (χ1) is 24.8. The number of para-hydroxylation sites is 1. The van der Waals surface area contributed by atoms with Gasteiger partial charge in [-0.15, -0.1) is 0 Å². The molecule has 2 aromatic carbocycles. The van der Waals surface area contributed by atoms with Crippen LogP contribution in [0.4, 0.5) is 5.69 Å². The number of nitrogens with zero attached hydrogens (tertiary/aromatic N) is 3. The number of ether oxygens (including phenoxy) is 1. The molecule has 52 heavy (non-hydrogen) atoms. The topological polar surface area (TPSA) is 127 Å². The molecule has 3 saturated carbocycles. The minimum Gasteiger partial charge on any atom is -0.496 e. The predicted octanol–water partition coefficient (Wildman–Crippen LogP) is 3.87. The molecule has 2 aromatic rings. The largest absolute Gasteiger partial charge is 0.496 e. The molecule has 2 bridgehead atoms. The Hall–Kier alpha value is -2.87. The van der Waals surface area contributed by atoms with Gasteiger partial charge in [-0.3, -0.25) is 19.3 Å². The van der Waals surface area contributed by atoms with Crippen LogP contribution in [0.1, 0.15) is 56.5 Å². The summed E-state index contributed by atoms with van der Waals surface area (Å²) in [5, 5.41) is 29.3. The molecular weight excluding hydrogens is 679 g/mol. The number of hydrogen-bond donors (Lipinski definition) is 4. The van der Waals surface area contributed by atoms with Gasteiger partial charge < -0.3 is 30.5 Å². The molecule has 0 radical (unpaired) electrons. The molecule has 2 aliphatic heterocycles. The zero-order valence-corrected chi connectivity index (χ0v) is 32.7. The third-order valence-corrected chi connectivity index (χ3v) is 13.5. The third-order valence-electron chi connectivity index (χ3n) is 12.5. The summed E-state index contributed by atoms with van der Waals surface area (Å²) in [4.78, 5) is 38.3. The number of carbonyl (C=O) groups excluding carboxylic acids is 2. The van der Waals surface area contributed by atoms with Crippen LogP contribution in [0.25, 0.3) is 11.1 Å². The predicted molar refractivity (Wildman–Crippen MR) is 206 cm³/mol. The van der Waals surface area contributed by atoms with Crippen molar-refractivity contribution in [3.63, 3.8) is 0 Å². The lowest BCUT2D eigenvalue weighted by molar-refractivity contribution is -0.183. The van der Waals surface area contributed by atoms with Gasteiger partial charge >= 0.3 is 0 Å². The van der Waals surface area contributed by atoms with Crippen molar-refractivity contribution in [3.8, 4) is 16.9 Å². The molecule has 0 aromatic heterocycles. The highest BCUT2D eigenvalue weighted by Gasteiger charge is 2.57. The highest BCUT2D eigenvalue weighted by molar-refractivity contribution is 7.99. The lowest BCUT2D eigenvalue weighted by Crippen LogP contribution is -2.62. The van der Waals surface area contributed by atoms with E-state index in [4.69, 9.17) is 9.57 Å². The summed E-state index contributed by atoms with van der Waals surface area (Å²) >= 11 is 1.97. The van der Waals surface area contributed by atoms with Crippen LogP contribution in [0.15, 0.2) is 36.4 Å². The van der Waals surface area contributed by atoms with E-state index in [1.807, 2.05) is 67.2 Å². The van der Waals surface area contributed by atoms with E-state index in [-0.39, 0.29) is 36.4 Å². The average Bonchev–Trinajstić information content (AvgIpc) is 3.51. The summed E-state index contributed by atoms with van der Waals surface area (Å²) < 4.78 is 6.07. The van der Waals surface area contributed by atoms with E-state index in [0.29, 0.717) is 35.6 Å². The summed E-state index contributed by atoms with van der Waals surface area (Å²) in [7, 11) is 5.52. The second-order valence-corrected chi connectivity index (χ2v) is 17.3. The van der Waals surface area contributed by atoms with Crippen LogP contribution >= 0.6 is 11.8 Å². The maximum absolute atomic E-state index is 14.2. The maximum atomic E-state index is 14.2. The summed E-state index contributed by atoms with van der Waals surface area (Å²) in [5.41, 5.74) is 4.13. The fraction of sp³-hybridized carbons (Fsp3) is 0.650. The molecular formula is C40H59N5O6S. The smallest absolute Gasteiger partial charge is 0.251 e. The normalized spacial score (nSPS) is 29.2. The van der Waals surface area contributed by atoms with Crippen LogP contribution < -0.4 is 20.3 Å². The molecule has 5 fully saturated rings. The number of aliphatic hydroxyl groups excluding tert-OH is 2. The number of amides is 2. The number of aliphatic hydroxyl groups is 2. The van der Waals surface area contributed by atoms with Crippen LogP contribution in [-0.4, -0.2) is 122 Å². The SMILES string of the molecule is COc1c(CN2O[C@@H](CO)C([C@H](C)O)[C@H]2C(=O)N[C@H]2C[C@H]3C[C@@H]([C@@H]2C)C3(C)C)cccc1-c1cc(C(=O)NCCN2CCSCC2)cc(N(C)C)c1. The Morgan fingerprint density at radius 2 is 1.90 bits per heavy atom. The highest BCUT2D eigenvalue weighted by Crippen LogP contribution is 2.61. The number of anilines is 1. The Kier molecular flexibility index (Phi) is 12.1. The van der Waals surface area contributed by atoms with E-state index >= 15 is 0 Å². The van der Waals surface area contributed by atoms with Gasteiger partial charge in [0.25, 0.3) is 5.91 Å². The molecule has 4 N–H and O–H groups in total. The first-order valence-electron chi connectivity index (χ1n) is 18.9. The zero-order chi connectivity index (χ0) is 37.3. The first kappa shape index (κ1) is 38.8. The van der Waals surface area contributed by atoms with Gasteiger partial charge in [0, 0.05) is 86.1 Å². The molecule has 5 aliphatic rings. The second-order valence-electron chi connectivity index (χ2n) is 16.1. The number of benzene rings is 2. The van der Waals surface area contributed by atoms with E-state index in [9.17, 15) is 19.8 Å². The lowest BCUT2D eigenvalue weighted by atomic mass is 9.45. The van der Waals surface area contributed by atoms with Crippen molar-refractivity contribution in [1.29, 1.82) is 0 Å². The second kappa shape index (κ2) is 16.2. The van der Waals surface area contributed by atoms with Crippen molar-refractivity contribution < 1.29 is 29.4 Å². The van der Waals surface area contributed by atoms with Crippen molar-refractivity contribution >= 4 is 29.3 Å². The van der Waals surface area contributed by atoms with Gasteiger partial charge in [0.2, 0.25) is 5.91 Å². The van der Waals surface area contributed by atoms with Crippen molar-refractivity contribution in [1.82, 2.24) is 20.6 Å².